The van der Waals surface area contributed by atoms with Gasteiger partial charge in [-0.1, -0.05) is 18.2 Å². The molecule has 0 N–H and O–H groups in total. The number of aromatic nitrogens is 1. The smallest absolute Gasteiger partial charge is 0.190 e. The molecule has 3 nitrogen and oxygen atoms in total. The van der Waals surface area contributed by atoms with Gasteiger partial charge in [-0.2, -0.15) is 0 Å². The highest BCUT2D eigenvalue weighted by Gasteiger charge is 2.51. The predicted molar refractivity (Wildman–Crippen MR) is 122 cm³/mol. The van der Waals surface area contributed by atoms with Gasteiger partial charge in [0.05, 0.1) is 18.3 Å². The Balaban J connectivity index is 1.50. The van der Waals surface area contributed by atoms with Gasteiger partial charge in [0, 0.05) is 11.1 Å². The van der Waals surface area contributed by atoms with E-state index in [1.807, 2.05) is 12.1 Å². The van der Waals surface area contributed by atoms with Gasteiger partial charge in [-0.3, -0.25) is 9.56 Å². The lowest BCUT2D eigenvalue weighted by atomic mass is 9.53. The Morgan fingerprint density at radius 2 is 1.53 bits per heavy atom. The number of ether oxygens (including phenoxy) is 1. The van der Waals surface area contributed by atoms with Crippen molar-refractivity contribution in [2.45, 2.75) is 44.1 Å². The third kappa shape index (κ3) is 3.13. The summed E-state index contributed by atoms with van der Waals surface area (Å²) in [6.45, 7) is 0. The molecule has 7 rings (SSSR count). The fourth-order valence-electron chi connectivity index (χ4n) is 6.58. The summed E-state index contributed by atoms with van der Waals surface area (Å²) in [5.41, 5.74) is 3.76. The van der Waals surface area contributed by atoms with Crippen LogP contribution in [0.15, 0.2) is 65.0 Å². The summed E-state index contributed by atoms with van der Waals surface area (Å²) in [7, 11) is 1.71. The maximum atomic E-state index is 5.56. The van der Waals surface area contributed by atoms with Crippen molar-refractivity contribution >= 4 is 11.3 Å². The summed E-state index contributed by atoms with van der Waals surface area (Å²) < 4.78 is 7.73. The third-order valence-electron chi connectivity index (χ3n) is 7.45. The van der Waals surface area contributed by atoms with Gasteiger partial charge in [0.1, 0.15) is 5.75 Å². The molecule has 0 unspecified atom stereocenters. The van der Waals surface area contributed by atoms with E-state index in [1.165, 1.54) is 55.5 Å². The van der Waals surface area contributed by atoms with Crippen molar-refractivity contribution in [3.8, 4) is 22.7 Å². The number of benzene rings is 2. The summed E-state index contributed by atoms with van der Waals surface area (Å²) in [4.78, 5) is 6.71. The first-order valence-electron chi connectivity index (χ1n) is 11.2. The molecule has 4 bridgehead atoms. The zero-order valence-corrected chi connectivity index (χ0v) is 18.3. The Kier molecular flexibility index (Phi) is 4.38. The van der Waals surface area contributed by atoms with E-state index in [9.17, 15) is 0 Å². The second kappa shape index (κ2) is 7.12. The Hall–Kier alpha value is -2.33. The maximum absolute atomic E-state index is 5.56. The number of para-hydroxylation sites is 1. The highest BCUT2D eigenvalue weighted by atomic mass is 32.1. The van der Waals surface area contributed by atoms with Gasteiger partial charge in [0.25, 0.3) is 0 Å². The van der Waals surface area contributed by atoms with Gasteiger partial charge < -0.3 is 4.74 Å². The van der Waals surface area contributed by atoms with E-state index in [1.54, 1.807) is 18.4 Å². The average molecular weight is 417 g/mol. The Morgan fingerprint density at radius 1 is 0.900 bits per heavy atom. The highest BCUT2D eigenvalue weighted by Crippen LogP contribution is 2.57. The molecule has 4 aliphatic rings. The molecule has 0 atom stereocenters. The fraction of sp³-hybridized carbons (Fsp3) is 0.423. The second-order valence-electron chi connectivity index (χ2n) is 9.56. The summed E-state index contributed by atoms with van der Waals surface area (Å²) >= 11 is 1.79. The molecule has 0 radical (unpaired) electrons. The van der Waals surface area contributed by atoms with Crippen LogP contribution < -0.4 is 9.54 Å². The van der Waals surface area contributed by atoms with Gasteiger partial charge in [-0.05, 0) is 98.2 Å². The van der Waals surface area contributed by atoms with Crippen LogP contribution in [0.4, 0.5) is 0 Å². The number of thiazole rings is 1. The first kappa shape index (κ1) is 18.4. The lowest BCUT2D eigenvalue weighted by molar-refractivity contribution is -0.000277. The van der Waals surface area contributed by atoms with E-state index in [0.29, 0.717) is 0 Å². The average Bonchev–Trinajstić information content (AvgIpc) is 3.16. The van der Waals surface area contributed by atoms with E-state index in [4.69, 9.17) is 9.73 Å². The molecule has 30 heavy (non-hydrogen) atoms. The Labute approximate surface area is 182 Å². The monoisotopic (exact) mass is 416 g/mol. The van der Waals surface area contributed by atoms with Crippen molar-refractivity contribution < 1.29 is 4.74 Å². The predicted octanol–water partition coefficient (Wildman–Crippen LogP) is 6.08. The third-order valence-corrected chi connectivity index (χ3v) is 8.27. The van der Waals surface area contributed by atoms with Crippen molar-refractivity contribution in [3.05, 3.63) is 64.8 Å². The van der Waals surface area contributed by atoms with E-state index < -0.39 is 0 Å². The van der Waals surface area contributed by atoms with Crippen LogP contribution >= 0.6 is 11.3 Å². The molecule has 2 aromatic carbocycles. The minimum absolute atomic E-state index is 0.174. The molecule has 0 aliphatic heterocycles. The number of hydrogen-bond donors (Lipinski definition) is 0. The van der Waals surface area contributed by atoms with Crippen molar-refractivity contribution in [2.75, 3.05) is 7.11 Å². The quantitative estimate of drug-likeness (QED) is 0.506. The SMILES string of the molecule is COc1ccc(-c2csc(=NC34CC5CC(CC(C5)C3)C4)n2-c2ccccc2)cc1. The highest BCUT2D eigenvalue weighted by molar-refractivity contribution is 7.07. The minimum atomic E-state index is 0.174. The standard InChI is InChI=1S/C26H28N2OS/c1-29-23-9-7-21(8-10-23)24-17-30-25(28(24)22-5-3-2-4-6-22)27-26-14-18-11-19(15-26)13-20(12-18)16-26/h2-10,17-20H,11-16H2,1H3. The lowest BCUT2D eigenvalue weighted by Crippen LogP contribution is -2.50. The molecular formula is C26H28N2OS. The van der Waals surface area contributed by atoms with Crippen LogP contribution in [-0.2, 0) is 0 Å². The molecule has 0 saturated heterocycles. The Bertz CT molecular complexity index is 1070. The van der Waals surface area contributed by atoms with Crippen molar-refractivity contribution in [1.29, 1.82) is 0 Å². The molecule has 0 spiro atoms. The van der Waals surface area contributed by atoms with Gasteiger partial charge in [0.2, 0.25) is 0 Å². The van der Waals surface area contributed by atoms with Crippen LogP contribution in [-0.4, -0.2) is 17.2 Å². The number of hydrogen-bond acceptors (Lipinski definition) is 3. The van der Waals surface area contributed by atoms with E-state index in [2.05, 4.69) is 52.4 Å². The van der Waals surface area contributed by atoms with Gasteiger partial charge >= 0.3 is 0 Å². The van der Waals surface area contributed by atoms with Gasteiger partial charge in [-0.15, -0.1) is 11.3 Å². The summed E-state index contributed by atoms with van der Waals surface area (Å²) in [6, 6.07) is 19.1. The minimum Gasteiger partial charge on any atom is -0.497 e. The topological polar surface area (TPSA) is 26.5 Å². The Morgan fingerprint density at radius 3 is 2.13 bits per heavy atom. The van der Waals surface area contributed by atoms with Crippen LogP contribution in [0.1, 0.15) is 38.5 Å². The lowest BCUT2D eigenvalue weighted by Gasteiger charge is -2.54. The zero-order valence-electron chi connectivity index (χ0n) is 17.5. The van der Waals surface area contributed by atoms with Gasteiger partial charge in [-0.25, -0.2) is 0 Å². The number of nitrogens with zero attached hydrogens (tertiary/aromatic N) is 2. The summed E-state index contributed by atoms with van der Waals surface area (Å²) in [5.74, 6) is 3.61. The molecule has 3 aromatic rings. The molecule has 154 valence electrons. The van der Waals surface area contributed by atoms with Crippen LogP contribution in [0.3, 0.4) is 0 Å². The van der Waals surface area contributed by atoms with Crippen LogP contribution in [0, 0.1) is 17.8 Å². The van der Waals surface area contributed by atoms with Crippen LogP contribution in [0.5, 0.6) is 5.75 Å². The largest absolute Gasteiger partial charge is 0.497 e. The molecule has 0 amide bonds. The van der Waals surface area contributed by atoms with Crippen LogP contribution in [0.25, 0.3) is 16.9 Å². The number of rotatable bonds is 4. The number of methoxy groups -OCH3 is 1. The molecule has 4 fully saturated rings. The van der Waals surface area contributed by atoms with Crippen molar-refractivity contribution in [2.24, 2.45) is 22.7 Å². The molecule has 4 saturated carbocycles. The second-order valence-corrected chi connectivity index (χ2v) is 10.4. The maximum Gasteiger partial charge on any atom is 0.190 e. The van der Waals surface area contributed by atoms with E-state index >= 15 is 0 Å². The summed E-state index contributed by atoms with van der Waals surface area (Å²) in [5, 5.41) is 2.27. The van der Waals surface area contributed by atoms with Crippen molar-refractivity contribution in [3.63, 3.8) is 0 Å². The summed E-state index contributed by atoms with van der Waals surface area (Å²) in [6.07, 6.45) is 8.25. The molecule has 4 aliphatic carbocycles. The van der Waals surface area contributed by atoms with Gasteiger partial charge in [0.15, 0.2) is 4.80 Å². The first-order valence-corrected chi connectivity index (χ1v) is 12.1. The van der Waals surface area contributed by atoms with Crippen LogP contribution in [0.2, 0.25) is 0 Å². The van der Waals surface area contributed by atoms with Crippen molar-refractivity contribution in [1.82, 2.24) is 4.57 Å². The normalized spacial score (nSPS) is 30.0. The van der Waals surface area contributed by atoms with E-state index in [-0.39, 0.29) is 5.54 Å². The molecule has 1 aromatic heterocycles. The fourth-order valence-corrected chi connectivity index (χ4v) is 7.60. The molecule has 4 heteroatoms. The molecule has 1 heterocycles. The molecular weight excluding hydrogens is 388 g/mol. The zero-order chi connectivity index (χ0) is 20.1. The van der Waals surface area contributed by atoms with E-state index in [0.717, 1.165) is 28.3 Å². The first-order chi connectivity index (χ1) is 14.7.